The van der Waals surface area contributed by atoms with Crippen molar-refractivity contribution in [3.8, 4) is 5.75 Å². The van der Waals surface area contributed by atoms with Gasteiger partial charge >= 0.3 is 0 Å². The third-order valence-corrected chi connectivity index (χ3v) is 7.69. The van der Waals surface area contributed by atoms with Crippen LogP contribution in [0.5, 0.6) is 5.75 Å². The molecule has 2 aliphatic heterocycles. The molecule has 2 aliphatic rings. The van der Waals surface area contributed by atoms with Gasteiger partial charge in [0.2, 0.25) is 15.9 Å². The van der Waals surface area contributed by atoms with Crippen LogP contribution in [0.15, 0.2) is 47.4 Å². The molecule has 11 heteroatoms. The highest BCUT2D eigenvalue weighted by Gasteiger charge is 2.40. The summed E-state index contributed by atoms with van der Waals surface area (Å²) in [5, 5.41) is 2.99. The Morgan fingerprint density at radius 1 is 1.09 bits per heavy atom. The molecule has 0 radical (unpaired) electrons. The molecule has 2 saturated heterocycles. The van der Waals surface area contributed by atoms with E-state index in [9.17, 15) is 22.8 Å². The van der Waals surface area contributed by atoms with Gasteiger partial charge in [-0.15, -0.1) is 0 Å². The van der Waals surface area contributed by atoms with Crippen LogP contribution in [-0.4, -0.2) is 69.8 Å². The van der Waals surface area contributed by atoms with Crippen LogP contribution in [0.1, 0.15) is 23.7 Å². The van der Waals surface area contributed by atoms with E-state index >= 15 is 0 Å². The number of nitrogens with zero attached hydrogens (tertiary/aromatic N) is 2. The van der Waals surface area contributed by atoms with Crippen LogP contribution in [0.4, 0.5) is 11.4 Å². The third-order valence-electron chi connectivity index (χ3n) is 5.77. The predicted octanol–water partition coefficient (Wildman–Crippen LogP) is 1.66. The van der Waals surface area contributed by atoms with Crippen LogP contribution in [0.2, 0.25) is 0 Å². The van der Waals surface area contributed by atoms with Gasteiger partial charge in [-0.25, -0.2) is 13.3 Å². The van der Waals surface area contributed by atoms with Crippen molar-refractivity contribution in [1.82, 2.24) is 4.31 Å². The van der Waals surface area contributed by atoms with Gasteiger partial charge in [-0.05, 0) is 49.4 Å². The molecule has 0 spiro atoms. The van der Waals surface area contributed by atoms with Gasteiger partial charge in [0.05, 0.1) is 32.4 Å². The van der Waals surface area contributed by atoms with E-state index < -0.39 is 27.9 Å². The fourth-order valence-corrected chi connectivity index (χ4v) is 5.55. The molecule has 2 aromatic rings. The maximum absolute atomic E-state index is 13.2. The molecule has 180 valence electrons. The van der Waals surface area contributed by atoms with Gasteiger partial charge in [-0.2, -0.15) is 4.31 Å². The molecular weight excluding hydrogens is 462 g/mol. The number of sulfonamides is 1. The monoisotopic (exact) mass is 487 g/mol. The van der Waals surface area contributed by atoms with Crippen LogP contribution in [0.25, 0.3) is 0 Å². The first-order valence-electron chi connectivity index (χ1n) is 10.7. The predicted molar refractivity (Wildman–Crippen MR) is 124 cm³/mol. The maximum atomic E-state index is 13.2. The smallest absolute Gasteiger partial charge is 0.256 e. The number of carbonyl (C=O) groups is 3. The largest absolute Gasteiger partial charge is 0.495 e. The lowest BCUT2D eigenvalue weighted by atomic mass is 10.1. The van der Waals surface area contributed by atoms with Crippen LogP contribution in [0.3, 0.4) is 0 Å². The minimum atomic E-state index is -3.85. The SMILES string of the molecule is COc1ccc(N[C@H]2CC(=O)N(c3ccc(C(C)=O)cc3)C2=O)cc1S(=O)(=O)N1CCOCC1. The lowest BCUT2D eigenvalue weighted by Crippen LogP contribution is -2.40. The summed E-state index contributed by atoms with van der Waals surface area (Å²) in [5.41, 5.74) is 1.21. The van der Waals surface area contributed by atoms with E-state index in [2.05, 4.69) is 5.32 Å². The number of ketones is 1. The number of imide groups is 1. The molecule has 1 atom stereocenters. The van der Waals surface area contributed by atoms with E-state index in [1.165, 1.54) is 30.5 Å². The van der Waals surface area contributed by atoms with Gasteiger partial charge in [-0.3, -0.25) is 14.4 Å². The van der Waals surface area contributed by atoms with Crippen molar-refractivity contribution in [2.24, 2.45) is 0 Å². The molecule has 0 unspecified atom stereocenters. The van der Waals surface area contributed by atoms with Gasteiger partial charge < -0.3 is 14.8 Å². The summed E-state index contributed by atoms with van der Waals surface area (Å²) in [4.78, 5) is 38.1. The highest BCUT2D eigenvalue weighted by molar-refractivity contribution is 7.89. The highest BCUT2D eigenvalue weighted by Crippen LogP contribution is 2.32. The average molecular weight is 488 g/mol. The van der Waals surface area contributed by atoms with Crippen molar-refractivity contribution in [3.63, 3.8) is 0 Å². The molecule has 2 amide bonds. The van der Waals surface area contributed by atoms with E-state index in [0.29, 0.717) is 30.2 Å². The number of hydrogen-bond acceptors (Lipinski definition) is 8. The Bertz CT molecular complexity index is 1220. The third kappa shape index (κ3) is 4.54. The topological polar surface area (TPSA) is 122 Å². The van der Waals surface area contributed by atoms with E-state index in [-0.39, 0.29) is 35.9 Å². The van der Waals surface area contributed by atoms with Gasteiger partial charge in [0.15, 0.2) is 5.78 Å². The number of anilines is 2. The number of amides is 2. The van der Waals surface area contributed by atoms with Crippen molar-refractivity contribution >= 4 is 39.0 Å². The lowest BCUT2D eigenvalue weighted by molar-refractivity contribution is -0.121. The van der Waals surface area contributed by atoms with E-state index in [1.807, 2.05) is 0 Å². The van der Waals surface area contributed by atoms with Crippen LogP contribution in [-0.2, 0) is 24.3 Å². The second-order valence-electron chi connectivity index (χ2n) is 7.95. The Labute approximate surface area is 197 Å². The Kier molecular flexibility index (Phi) is 6.69. The summed E-state index contributed by atoms with van der Waals surface area (Å²) >= 11 is 0. The minimum Gasteiger partial charge on any atom is -0.495 e. The molecule has 0 saturated carbocycles. The molecule has 1 N–H and O–H groups in total. The minimum absolute atomic E-state index is 0.0321. The number of carbonyl (C=O) groups excluding carboxylic acids is 3. The van der Waals surface area contributed by atoms with Crippen LogP contribution in [0, 0.1) is 0 Å². The van der Waals surface area contributed by atoms with Crippen LogP contribution >= 0.6 is 0 Å². The summed E-state index contributed by atoms with van der Waals surface area (Å²) in [6.07, 6.45) is -0.0924. The second-order valence-corrected chi connectivity index (χ2v) is 9.86. The summed E-state index contributed by atoms with van der Waals surface area (Å²) in [5.74, 6) is -0.799. The van der Waals surface area contributed by atoms with Crippen molar-refractivity contribution in [2.75, 3.05) is 43.6 Å². The number of ether oxygens (including phenoxy) is 2. The van der Waals surface area contributed by atoms with Crippen LogP contribution < -0.4 is 15.0 Å². The van der Waals surface area contributed by atoms with Crippen molar-refractivity contribution in [3.05, 3.63) is 48.0 Å². The molecular formula is C23H25N3O7S. The molecule has 2 aromatic carbocycles. The van der Waals surface area contributed by atoms with Gasteiger partial charge in [-0.1, -0.05) is 0 Å². The standard InChI is InChI=1S/C23H25N3O7S/c1-15(27)16-3-6-18(7-4-16)26-22(28)14-19(23(26)29)24-17-5-8-20(32-2)21(13-17)34(30,31)25-9-11-33-12-10-25/h3-8,13,19,24H,9-12,14H2,1-2H3/t19-/m0/s1. The Morgan fingerprint density at radius 3 is 2.38 bits per heavy atom. The number of benzene rings is 2. The molecule has 0 bridgehead atoms. The fourth-order valence-electron chi connectivity index (χ4n) is 3.96. The quantitative estimate of drug-likeness (QED) is 0.462. The normalized spacial score (nSPS) is 19.4. The molecule has 34 heavy (non-hydrogen) atoms. The number of morpholine rings is 1. The molecule has 2 heterocycles. The molecule has 0 aliphatic carbocycles. The lowest BCUT2D eigenvalue weighted by Gasteiger charge is -2.27. The van der Waals surface area contributed by atoms with Crippen molar-refractivity contribution < 1.29 is 32.3 Å². The number of nitrogens with one attached hydrogen (secondary N) is 1. The van der Waals surface area contributed by atoms with E-state index in [4.69, 9.17) is 9.47 Å². The number of methoxy groups -OCH3 is 1. The van der Waals surface area contributed by atoms with Crippen molar-refractivity contribution in [2.45, 2.75) is 24.3 Å². The first-order chi connectivity index (χ1) is 16.2. The Morgan fingerprint density at radius 2 is 1.76 bits per heavy atom. The zero-order chi connectivity index (χ0) is 24.5. The highest BCUT2D eigenvalue weighted by atomic mass is 32.2. The van der Waals surface area contributed by atoms with E-state index in [1.54, 1.807) is 30.3 Å². The zero-order valence-electron chi connectivity index (χ0n) is 18.8. The average Bonchev–Trinajstić information content (AvgIpc) is 3.12. The van der Waals surface area contributed by atoms with Gasteiger partial charge in [0.25, 0.3) is 5.91 Å². The fraction of sp³-hybridized carbons (Fsp3) is 0.348. The van der Waals surface area contributed by atoms with Crippen molar-refractivity contribution in [1.29, 1.82) is 0 Å². The first-order valence-corrected chi connectivity index (χ1v) is 12.2. The number of Topliss-reactive ketones (excluding diaryl/α,β-unsaturated/α-hetero) is 1. The molecule has 0 aromatic heterocycles. The summed E-state index contributed by atoms with van der Waals surface area (Å²) in [7, 11) is -2.47. The summed E-state index contributed by atoms with van der Waals surface area (Å²) < 4.78 is 38.2. The molecule has 4 rings (SSSR count). The number of rotatable bonds is 7. The Balaban J connectivity index is 1.57. The molecule has 10 nitrogen and oxygen atoms in total. The zero-order valence-corrected chi connectivity index (χ0v) is 19.6. The maximum Gasteiger partial charge on any atom is 0.256 e. The summed E-state index contributed by atoms with van der Waals surface area (Å²) in [6.45, 7) is 2.51. The first kappa shape index (κ1) is 23.9. The second kappa shape index (κ2) is 9.53. The van der Waals surface area contributed by atoms with E-state index in [0.717, 1.165) is 4.90 Å². The number of hydrogen-bond donors (Lipinski definition) is 1. The summed E-state index contributed by atoms with van der Waals surface area (Å²) in [6, 6.07) is 9.87. The van der Waals surface area contributed by atoms with Gasteiger partial charge in [0, 0.05) is 24.3 Å². The van der Waals surface area contributed by atoms with Gasteiger partial charge in [0.1, 0.15) is 16.7 Å². The molecule has 2 fully saturated rings. The Hall–Kier alpha value is -3.28.